The monoisotopic (exact) mass is 166 g/mol. The first-order valence-corrected chi connectivity index (χ1v) is 7.11. The molecule has 0 bridgehead atoms. The van der Waals surface area contributed by atoms with E-state index in [9.17, 15) is 4.79 Å². The molecule has 0 heterocycles. The molecule has 0 rings (SSSR count). The topological polar surface area (TPSA) is 17.1 Å². The summed E-state index contributed by atoms with van der Waals surface area (Å²) in [5.74, 6) is 2.97. The Hall–Kier alpha value is -0.813. The van der Waals surface area contributed by atoms with E-state index in [1.807, 2.05) is 6.92 Å². The van der Waals surface area contributed by atoms with E-state index in [4.69, 9.17) is 0 Å². The quantitative estimate of drug-likeness (QED) is 0.252. The van der Waals surface area contributed by atoms with Crippen molar-refractivity contribution in [3.8, 4) is 11.5 Å². The van der Waals surface area contributed by atoms with Gasteiger partial charge in [-0.05, 0) is 13.0 Å². The summed E-state index contributed by atoms with van der Waals surface area (Å²) in [6.07, 6.45) is 2.27. The summed E-state index contributed by atoms with van der Waals surface area (Å²) in [4.78, 5) is 10.0. The first-order chi connectivity index (χ1) is 4.95. The Morgan fingerprint density at radius 3 is 2.27 bits per heavy atom. The molecule has 0 spiro atoms. The van der Waals surface area contributed by atoms with Crippen molar-refractivity contribution >= 4 is 14.4 Å². The Labute approximate surface area is 69.5 Å². The van der Waals surface area contributed by atoms with Gasteiger partial charge in [-0.1, -0.05) is 25.6 Å². The molecule has 0 aromatic carbocycles. The second kappa shape index (κ2) is 4.15. The van der Waals surface area contributed by atoms with Gasteiger partial charge in [0.25, 0.3) is 0 Å². The summed E-state index contributed by atoms with van der Waals surface area (Å²) in [5, 5.41) is 0. The molecule has 0 atom stereocenters. The molecular weight excluding hydrogens is 152 g/mol. The summed E-state index contributed by atoms with van der Waals surface area (Å²) in [6.45, 7) is 8.37. The Bertz CT molecular complexity index is 222. The standard InChI is InChI=1S/C9H14OSi/c1-9(5-7-10)6-8-11(2,3)4/h5,7H,1-4H3/b9-5+. The van der Waals surface area contributed by atoms with Crippen LogP contribution < -0.4 is 0 Å². The van der Waals surface area contributed by atoms with E-state index in [1.54, 1.807) is 0 Å². The van der Waals surface area contributed by atoms with Crippen LogP contribution >= 0.6 is 0 Å². The number of carbonyl (C=O) groups excluding carboxylic acids is 1. The largest absolute Gasteiger partial charge is 0.299 e. The molecule has 0 saturated heterocycles. The van der Waals surface area contributed by atoms with Gasteiger partial charge in [-0.25, -0.2) is 0 Å². The van der Waals surface area contributed by atoms with Crippen LogP contribution in [0.2, 0.25) is 19.6 Å². The fourth-order valence-corrected chi connectivity index (χ4v) is 1.00. The van der Waals surface area contributed by atoms with Gasteiger partial charge in [-0.2, -0.15) is 0 Å². The SMILES string of the molecule is C/C(C#C[Si](C)(C)C)=C\C=O. The normalized spacial score (nSPS) is 11.8. The maximum Gasteiger partial charge on any atom is 0.143 e. The summed E-state index contributed by atoms with van der Waals surface area (Å²) < 4.78 is 0. The summed E-state index contributed by atoms with van der Waals surface area (Å²) in [6, 6.07) is 0. The summed E-state index contributed by atoms with van der Waals surface area (Å²) in [5.41, 5.74) is 4.02. The van der Waals surface area contributed by atoms with Gasteiger partial charge < -0.3 is 0 Å². The zero-order valence-electron chi connectivity index (χ0n) is 7.56. The average molecular weight is 166 g/mol. The lowest BCUT2D eigenvalue weighted by molar-refractivity contribution is -0.104. The number of allylic oxidation sites excluding steroid dienone is 2. The predicted octanol–water partition coefficient (Wildman–Crippen LogP) is 2.01. The lowest BCUT2D eigenvalue weighted by atomic mass is 10.3. The van der Waals surface area contributed by atoms with E-state index in [-0.39, 0.29) is 0 Å². The van der Waals surface area contributed by atoms with Crippen LogP contribution in [0.5, 0.6) is 0 Å². The van der Waals surface area contributed by atoms with Crippen LogP contribution in [0, 0.1) is 11.5 Å². The Morgan fingerprint density at radius 2 is 1.91 bits per heavy atom. The highest BCUT2D eigenvalue weighted by molar-refractivity contribution is 6.83. The Kier molecular flexibility index (Phi) is 3.84. The molecule has 0 fully saturated rings. The lowest BCUT2D eigenvalue weighted by Gasteiger charge is -2.02. The summed E-state index contributed by atoms with van der Waals surface area (Å²) in [7, 11) is -1.27. The van der Waals surface area contributed by atoms with Crippen molar-refractivity contribution in [3.05, 3.63) is 11.6 Å². The lowest BCUT2D eigenvalue weighted by Crippen LogP contribution is -2.16. The van der Waals surface area contributed by atoms with Crippen molar-refractivity contribution in [1.29, 1.82) is 0 Å². The molecular formula is C9H14OSi. The van der Waals surface area contributed by atoms with Crippen LogP contribution in [-0.4, -0.2) is 14.4 Å². The van der Waals surface area contributed by atoms with Crippen molar-refractivity contribution in [3.63, 3.8) is 0 Å². The second-order valence-corrected chi connectivity index (χ2v) is 8.24. The van der Waals surface area contributed by atoms with Gasteiger partial charge in [-0.3, -0.25) is 4.79 Å². The summed E-state index contributed by atoms with van der Waals surface area (Å²) >= 11 is 0. The fourth-order valence-electron chi connectivity index (χ4n) is 0.430. The van der Waals surface area contributed by atoms with Crippen molar-refractivity contribution in [2.24, 2.45) is 0 Å². The maximum absolute atomic E-state index is 10.0. The highest BCUT2D eigenvalue weighted by atomic mass is 28.3. The van der Waals surface area contributed by atoms with Crippen LogP contribution in [0.1, 0.15) is 6.92 Å². The third-order valence-corrected chi connectivity index (χ3v) is 1.83. The van der Waals surface area contributed by atoms with Gasteiger partial charge in [0.1, 0.15) is 14.4 Å². The third-order valence-electron chi connectivity index (χ3n) is 0.953. The maximum atomic E-state index is 10.0. The van der Waals surface area contributed by atoms with Gasteiger partial charge >= 0.3 is 0 Å². The molecule has 0 unspecified atom stereocenters. The Balaban J connectivity index is 4.30. The molecule has 0 radical (unpaired) electrons. The van der Waals surface area contributed by atoms with Gasteiger partial charge in [-0.15, -0.1) is 5.54 Å². The van der Waals surface area contributed by atoms with E-state index in [0.717, 1.165) is 11.9 Å². The average Bonchev–Trinajstić information content (AvgIpc) is 1.83. The minimum Gasteiger partial charge on any atom is -0.299 e. The molecule has 0 aliphatic heterocycles. The fraction of sp³-hybridized carbons (Fsp3) is 0.444. The van der Waals surface area contributed by atoms with Gasteiger partial charge in [0.05, 0.1) is 0 Å². The molecule has 11 heavy (non-hydrogen) atoms. The van der Waals surface area contributed by atoms with E-state index in [2.05, 4.69) is 31.1 Å². The van der Waals surface area contributed by atoms with Crippen molar-refractivity contribution in [1.82, 2.24) is 0 Å². The van der Waals surface area contributed by atoms with Crippen molar-refractivity contribution < 1.29 is 4.79 Å². The van der Waals surface area contributed by atoms with Gasteiger partial charge in [0.15, 0.2) is 0 Å². The molecule has 1 nitrogen and oxygen atoms in total. The molecule has 0 saturated carbocycles. The molecule has 0 aliphatic carbocycles. The minimum atomic E-state index is -1.27. The number of hydrogen-bond acceptors (Lipinski definition) is 1. The highest BCUT2D eigenvalue weighted by Gasteiger charge is 2.06. The van der Waals surface area contributed by atoms with Crippen LogP contribution in [0.4, 0.5) is 0 Å². The van der Waals surface area contributed by atoms with E-state index < -0.39 is 8.07 Å². The number of hydrogen-bond donors (Lipinski definition) is 0. The van der Waals surface area contributed by atoms with E-state index in [0.29, 0.717) is 0 Å². The molecule has 60 valence electrons. The number of carbonyl (C=O) groups is 1. The molecule has 0 aromatic rings. The molecule has 0 aromatic heterocycles. The third kappa shape index (κ3) is 7.08. The Morgan fingerprint density at radius 1 is 1.36 bits per heavy atom. The van der Waals surface area contributed by atoms with E-state index >= 15 is 0 Å². The van der Waals surface area contributed by atoms with Crippen LogP contribution in [-0.2, 0) is 4.79 Å². The van der Waals surface area contributed by atoms with Crippen molar-refractivity contribution in [2.75, 3.05) is 0 Å². The molecule has 0 aliphatic rings. The zero-order valence-corrected chi connectivity index (χ0v) is 8.56. The zero-order chi connectivity index (χ0) is 8.91. The second-order valence-electron chi connectivity index (χ2n) is 3.49. The highest BCUT2D eigenvalue weighted by Crippen LogP contribution is 1.97. The van der Waals surface area contributed by atoms with Crippen molar-refractivity contribution in [2.45, 2.75) is 26.6 Å². The van der Waals surface area contributed by atoms with E-state index in [1.165, 1.54) is 6.08 Å². The van der Waals surface area contributed by atoms with Crippen LogP contribution in [0.15, 0.2) is 11.6 Å². The first-order valence-electron chi connectivity index (χ1n) is 3.61. The van der Waals surface area contributed by atoms with Crippen LogP contribution in [0.3, 0.4) is 0 Å². The number of aldehydes is 1. The molecule has 2 heteroatoms. The first kappa shape index (κ1) is 10.2. The molecule has 0 N–H and O–H groups in total. The molecule has 0 amide bonds. The minimum absolute atomic E-state index is 0.772. The van der Waals surface area contributed by atoms with Gasteiger partial charge in [0.2, 0.25) is 0 Å². The smallest absolute Gasteiger partial charge is 0.143 e. The predicted molar refractivity (Wildman–Crippen MR) is 50.9 cm³/mol. The van der Waals surface area contributed by atoms with Crippen LogP contribution in [0.25, 0.3) is 0 Å². The number of rotatable bonds is 1. The van der Waals surface area contributed by atoms with Gasteiger partial charge in [0, 0.05) is 5.57 Å².